The lowest BCUT2D eigenvalue weighted by molar-refractivity contribution is -0.385. The molecule has 0 bridgehead atoms. The van der Waals surface area contributed by atoms with Gasteiger partial charge in [-0.3, -0.25) is 10.1 Å². The number of nitro groups is 1. The molecule has 0 atom stereocenters. The number of hydrogen-bond donors (Lipinski definition) is 1. The van der Waals surface area contributed by atoms with Crippen molar-refractivity contribution in [3.63, 3.8) is 0 Å². The molecule has 7 heteroatoms. The molecule has 0 aliphatic rings. The Balaban J connectivity index is 2.30. The molecule has 0 unspecified atom stereocenters. The van der Waals surface area contributed by atoms with Crippen LogP contribution in [0, 0.1) is 17.0 Å². The number of nitrogens with zero attached hydrogens (tertiary/aromatic N) is 3. The Hall–Kier alpha value is -1.73. The molecule has 0 amide bonds. The molecule has 1 heterocycles. The fourth-order valence-electron chi connectivity index (χ4n) is 1.44. The SMILES string of the molecule is Cc1cc(NCCOCCN(C)C)ncc1[N+](=O)[O-]. The molecule has 0 aromatic carbocycles. The van der Waals surface area contributed by atoms with Gasteiger partial charge in [0.15, 0.2) is 0 Å². The summed E-state index contributed by atoms with van der Waals surface area (Å²) in [7, 11) is 3.98. The quantitative estimate of drug-likeness (QED) is 0.434. The highest BCUT2D eigenvalue weighted by Gasteiger charge is 2.10. The predicted molar refractivity (Wildman–Crippen MR) is 73.5 cm³/mol. The number of likely N-dealkylation sites (N-methyl/N-ethyl adjacent to an activating group) is 1. The van der Waals surface area contributed by atoms with Gasteiger partial charge in [0.25, 0.3) is 5.69 Å². The molecule has 1 rings (SSSR count). The lowest BCUT2D eigenvalue weighted by atomic mass is 10.2. The molecule has 0 aliphatic carbocycles. The van der Waals surface area contributed by atoms with Crippen LogP contribution in [0.4, 0.5) is 11.5 Å². The lowest BCUT2D eigenvalue weighted by Gasteiger charge is -2.10. The van der Waals surface area contributed by atoms with Crippen molar-refractivity contribution in [2.75, 3.05) is 45.7 Å². The Morgan fingerprint density at radius 3 is 2.79 bits per heavy atom. The van der Waals surface area contributed by atoms with Gasteiger partial charge in [0.1, 0.15) is 12.0 Å². The summed E-state index contributed by atoms with van der Waals surface area (Å²) in [6, 6.07) is 1.66. The second-order valence-electron chi connectivity index (χ2n) is 4.46. The zero-order valence-electron chi connectivity index (χ0n) is 11.5. The second-order valence-corrected chi connectivity index (χ2v) is 4.46. The monoisotopic (exact) mass is 268 g/mol. The average molecular weight is 268 g/mol. The number of rotatable bonds is 8. The van der Waals surface area contributed by atoms with E-state index in [0.29, 0.717) is 31.1 Å². The van der Waals surface area contributed by atoms with Crippen molar-refractivity contribution in [1.82, 2.24) is 9.88 Å². The minimum Gasteiger partial charge on any atom is -0.378 e. The van der Waals surface area contributed by atoms with Crippen LogP contribution in [0.1, 0.15) is 5.56 Å². The Morgan fingerprint density at radius 2 is 2.21 bits per heavy atom. The summed E-state index contributed by atoms with van der Waals surface area (Å²) in [5, 5.41) is 13.7. The van der Waals surface area contributed by atoms with Gasteiger partial charge in [-0.15, -0.1) is 0 Å². The summed E-state index contributed by atoms with van der Waals surface area (Å²) in [6.45, 7) is 4.46. The molecule has 7 nitrogen and oxygen atoms in total. The van der Waals surface area contributed by atoms with E-state index in [0.717, 1.165) is 6.54 Å². The normalized spacial score (nSPS) is 10.7. The highest BCUT2D eigenvalue weighted by atomic mass is 16.6. The first-order valence-electron chi connectivity index (χ1n) is 6.08. The van der Waals surface area contributed by atoms with Crippen LogP contribution >= 0.6 is 0 Å². The smallest absolute Gasteiger partial charge is 0.290 e. The van der Waals surface area contributed by atoms with Crippen LogP contribution in [0.5, 0.6) is 0 Å². The first-order valence-corrected chi connectivity index (χ1v) is 6.08. The second kappa shape index (κ2) is 7.65. The van der Waals surface area contributed by atoms with E-state index < -0.39 is 4.92 Å². The van der Waals surface area contributed by atoms with Crippen LogP contribution in [0.2, 0.25) is 0 Å². The van der Waals surface area contributed by atoms with Gasteiger partial charge >= 0.3 is 0 Å². The maximum Gasteiger partial charge on any atom is 0.290 e. The number of ether oxygens (including phenoxy) is 1. The molecule has 1 aromatic heterocycles. The highest BCUT2D eigenvalue weighted by molar-refractivity contribution is 5.46. The number of nitrogens with one attached hydrogen (secondary N) is 1. The average Bonchev–Trinajstić information content (AvgIpc) is 2.32. The number of anilines is 1. The third-order valence-corrected chi connectivity index (χ3v) is 2.52. The van der Waals surface area contributed by atoms with E-state index in [1.165, 1.54) is 6.20 Å². The van der Waals surface area contributed by atoms with Gasteiger partial charge in [0.05, 0.1) is 18.1 Å². The lowest BCUT2D eigenvalue weighted by Crippen LogP contribution is -2.20. The topological polar surface area (TPSA) is 80.5 Å². The minimum atomic E-state index is -0.434. The number of aryl methyl sites for hydroxylation is 1. The molecule has 0 saturated carbocycles. The third-order valence-electron chi connectivity index (χ3n) is 2.52. The van der Waals surface area contributed by atoms with Gasteiger partial charge in [0, 0.05) is 18.7 Å². The van der Waals surface area contributed by atoms with Gasteiger partial charge in [-0.05, 0) is 27.1 Å². The van der Waals surface area contributed by atoms with E-state index in [-0.39, 0.29) is 5.69 Å². The first kappa shape index (κ1) is 15.3. The van der Waals surface area contributed by atoms with E-state index in [2.05, 4.69) is 15.2 Å². The summed E-state index contributed by atoms with van der Waals surface area (Å²) >= 11 is 0. The summed E-state index contributed by atoms with van der Waals surface area (Å²) < 4.78 is 5.42. The first-order chi connectivity index (χ1) is 9.00. The van der Waals surface area contributed by atoms with Gasteiger partial charge < -0.3 is 15.0 Å². The third kappa shape index (κ3) is 5.62. The van der Waals surface area contributed by atoms with Crippen molar-refractivity contribution < 1.29 is 9.66 Å². The molecule has 106 valence electrons. The fraction of sp³-hybridized carbons (Fsp3) is 0.583. The molecule has 0 saturated heterocycles. The zero-order valence-corrected chi connectivity index (χ0v) is 11.5. The van der Waals surface area contributed by atoms with Gasteiger partial charge in [0.2, 0.25) is 0 Å². The van der Waals surface area contributed by atoms with Crippen LogP contribution in [0.15, 0.2) is 12.3 Å². The van der Waals surface area contributed by atoms with Crippen LogP contribution in [0.3, 0.4) is 0 Å². The molecule has 1 N–H and O–H groups in total. The van der Waals surface area contributed by atoms with Crippen LogP contribution in [-0.2, 0) is 4.74 Å². The summed E-state index contributed by atoms with van der Waals surface area (Å²) in [5.74, 6) is 0.624. The van der Waals surface area contributed by atoms with E-state index in [4.69, 9.17) is 4.74 Å². The van der Waals surface area contributed by atoms with E-state index in [1.54, 1.807) is 13.0 Å². The molecule has 0 fully saturated rings. The Kier molecular flexibility index (Phi) is 6.17. The fourth-order valence-corrected chi connectivity index (χ4v) is 1.44. The molecular formula is C12H20N4O3. The number of pyridine rings is 1. The summed E-state index contributed by atoms with van der Waals surface area (Å²) in [6.07, 6.45) is 1.27. The molecular weight excluding hydrogens is 248 g/mol. The highest BCUT2D eigenvalue weighted by Crippen LogP contribution is 2.18. The largest absolute Gasteiger partial charge is 0.378 e. The summed E-state index contributed by atoms with van der Waals surface area (Å²) in [4.78, 5) is 16.2. The maximum atomic E-state index is 10.6. The summed E-state index contributed by atoms with van der Waals surface area (Å²) in [5.41, 5.74) is 0.629. The van der Waals surface area contributed by atoms with Crippen LogP contribution in [0.25, 0.3) is 0 Å². The van der Waals surface area contributed by atoms with Crippen molar-refractivity contribution in [2.45, 2.75) is 6.92 Å². The van der Waals surface area contributed by atoms with Crippen molar-refractivity contribution in [2.24, 2.45) is 0 Å². The Bertz CT molecular complexity index is 423. The van der Waals surface area contributed by atoms with E-state index >= 15 is 0 Å². The van der Waals surface area contributed by atoms with Crippen LogP contribution < -0.4 is 5.32 Å². The molecule has 0 aliphatic heterocycles. The molecule has 1 aromatic rings. The van der Waals surface area contributed by atoms with Gasteiger partial charge in [-0.1, -0.05) is 0 Å². The van der Waals surface area contributed by atoms with Gasteiger partial charge in [-0.2, -0.15) is 0 Å². The number of hydrogen-bond acceptors (Lipinski definition) is 6. The van der Waals surface area contributed by atoms with E-state index in [1.807, 2.05) is 14.1 Å². The van der Waals surface area contributed by atoms with E-state index in [9.17, 15) is 10.1 Å². The minimum absolute atomic E-state index is 0.0350. The Morgan fingerprint density at radius 1 is 1.47 bits per heavy atom. The van der Waals surface area contributed by atoms with Crippen molar-refractivity contribution in [3.05, 3.63) is 27.9 Å². The molecule has 0 radical (unpaired) electrons. The zero-order chi connectivity index (χ0) is 14.3. The van der Waals surface area contributed by atoms with Crippen molar-refractivity contribution >= 4 is 11.5 Å². The standard InChI is InChI=1S/C12H20N4O3/c1-10-8-12(14-9-11(10)16(17)18)13-4-6-19-7-5-15(2)3/h8-9H,4-7H2,1-3H3,(H,13,14). The molecule has 0 spiro atoms. The van der Waals surface area contributed by atoms with Crippen molar-refractivity contribution in [1.29, 1.82) is 0 Å². The van der Waals surface area contributed by atoms with Crippen molar-refractivity contribution in [3.8, 4) is 0 Å². The number of aromatic nitrogens is 1. The molecule has 19 heavy (non-hydrogen) atoms. The maximum absolute atomic E-state index is 10.6. The van der Waals surface area contributed by atoms with Crippen LogP contribution in [-0.4, -0.2) is 55.2 Å². The predicted octanol–water partition coefficient (Wildman–Crippen LogP) is 1.29. The Labute approximate surface area is 112 Å². The van der Waals surface area contributed by atoms with Gasteiger partial charge in [-0.25, -0.2) is 4.98 Å².